The van der Waals surface area contributed by atoms with Crippen molar-refractivity contribution in [1.82, 2.24) is 9.80 Å². The number of rotatable bonds is 21. The number of hydrogen-bond donors (Lipinski definition) is 1. The molecule has 0 radical (unpaired) electrons. The van der Waals surface area contributed by atoms with Gasteiger partial charge in [-0.05, 0) is 90.4 Å². The average molecular weight is 933 g/mol. The molecule has 0 spiro atoms. The van der Waals surface area contributed by atoms with Gasteiger partial charge in [0, 0.05) is 45.1 Å². The first-order chi connectivity index (χ1) is 30.6. The third-order valence-electron chi connectivity index (χ3n) is 11.1. The molecule has 0 aliphatic carbocycles. The van der Waals surface area contributed by atoms with Gasteiger partial charge in [0.2, 0.25) is 11.8 Å². The predicted octanol–water partition coefficient (Wildman–Crippen LogP) is 9.85. The lowest BCUT2D eigenvalue weighted by Crippen LogP contribution is -2.38. The van der Waals surface area contributed by atoms with Crippen LogP contribution in [0.15, 0.2) is 0 Å². The molecule has 0 bridgehead atoms. The van der Waals surface area contributed by atoms with Crippen LogP contribution >= 0.6 is 0 Å². The van der Waals surface area contributed by atoms with Crippen molar-refractivity contribution >= 4 is 35.7 Å². The van der Waals surface area contributed by atoms with Crippen LogP contribution in [-0.2, 0) is 52.5 Å². The van der Waals surface area contributed by atoms with E-state index in [1.165, 1.54) is 19.3 Å². The maximum absolute atomic E-state index is 11.7. The summed E-state index contributed by atoms with van der Waals surface area (Å²) in [7, 11) is 1.58. The molecule has 2 saturated heterocycles. The predicted molar refractivity (Wildman–Crippen MR) is 261 cm³/mol. The minimum Gasteiger partial charge on any atom is -0.465 e. The van der Waals surface area contributed by atoms with Gasteiger partial charge in [0.15, 0.2) is 0 Å². The second-order valence-corrected chi connectivity index (χ2v) is 17.7. The quantitative estimate of drug-likeness (QED) is 0.0656. The molecule has 2 fully saturated rings. The molecule has 14 nitrogen and oxygen atoms in total. The first kappa shape index (κ1) is 68.3. The van der Waals surface area contributed by atoms with Gasteiger partial charge in [-0.15, -0.1) is 0 Å². The summed E-state index contributed by atoms with van der Waals surface area (Å²) in [6, 6.07) is 0.454. The molecule has 0 aromatic heterocycles. The highest BCUT2D eigenvalue weighted by Crippen LogP contribution is 2.15. The van der Waals surface area contributed by atoms with Gasteiger partial charge in [-0.2, -0.15) is 0 Å². The van der Waals surface area contributed by atoms with Crippen molar-refractivity contribution in [3.05, 3.63) is 0 Å². The molecule has 2 aliphatic heterocycles. The van der Waals surface area contributed by atoms with Crippen LogP contribution in [0.1, 0.15) is 188 Å². The fraction of sp³-hybridized carbons (Fsp3) is 0.882. The number of amides is 2. The highest BCUT2D eigenvalue weighted by molar-refractivity contribution is 5.79. The van der Waals surface area contributed by atoms with Gasteiger partial charge < -0.3 is 38.6 Å². The highest BCUT2D eigenvalue weighted by atomic mass is 16.6. The number of aliphatic hydroxyl groups excluding tert-OH is 1. The van der Waals surface area contributed by atoms with Gasteiger partial charge in [-0.25, -0.2) is 0 Å². The topological polar surface area (TPSA) is 175 Å². The third-order valence-corrected chi connectivity index (χ3v) is 11.1. The van der Waals surface area contributed by atoms with E-state index in [2.05, 4.69) is 20.8 Å². The van der Waals surface area contributed by atoms with Crippen molar-refractivity contribution in [3.8, 4) is 0 Å². The molecular formula is C51H100N2O12. The second-order valence-electron chi connectivity index (χ2n) is 17.7. The monoisotopic (exact) mass is 933 g/mol. The number of piperidine rings is 1. The summed E-state index contributed by atoms with van der Waals surface area (Å²) < 4.78 is 24.4. The Hall–Kier alpha value is -3.26. The Morgan fingerprint density at radius 1 is 0.554 bits per heavy atom. The molecule has 386 valence electrons. The summed E-state index contributed by atoms with van der Waals surface area (Å²) in [5.41, 5.74) is 0. The Morgan fingerprint density at radius 3 is 1.37 bits per heavy atom. The molecule has 0 aromatic carbocycles. The molecule has 0 saturated carbocycles. The summed E-state index contributed by atoms with van der Waals surface area (Å²) >= 11 is 0. The number of carbonyl (C=O) groups excluding carboxylic acids is 6. The Bertz CT molecular complexity index is 1210. The zero-order valence-corrected chi connectivity index (χ0v) is 44.6. The fourth-order valence-electron chi connectivity index (χ4n) is 5.08. The van der Waals surface area contributed by atoms with Gasteiger partial charge in [0.25, 0.3) is 0 Å². The van der Waals surface area contributed by atoms with Crippen LogP contribution in [0.4, 0.5) is 0 Å². The normalized spacial score (nSPS) is 16.1. The van der Waals surface area contributed by atoms with Gasteiger partial charge in [0.1, 0.15) is 12.7 Å². The largest absolute Gasteiger partial charge is 0.465 e. The molecule has 7 atom stereocenters. The number of likely N-dealkylation sites (tertiary alicyclic amines) is 2. The molecule has 0 aromatic rings. The van der Waals surface area contributed by atoms with Crippen molar-refractivity contribution in [2.75, 3.05) is 59.8 Å². The first-order valence-electron chi connectivity index (χ1n) is 25.0. The van der Waals surface area contributed by atoms with E-state index in [4.69, 9.17) is 28.8 Å². The van der Waals surface area contributed by atoms with Gasteiger partial charge in [-0.1, -0.05) is 96.9 Å². The van der Waals surface area contributed by atoms with Crippen LogP contribution in [-0.4, -0.2) is 123 Å². The smallest absolute Gasteiger partial charge is 0.308 e. The van der Waals surface area contributed by atoms with Crippen molar-refractivity contribution in [2.24, 2.45) is 35.5 Å². The summed E-state index contributed by atoms with van der Waals surface area (Å²) in [5, 5.41) is 8.56. The third kappa shape index (κ3) is 37.5. The van der Waals surface area contributed by atoms with E-state index in [0.717, 1.165) is 77.4 Å². The number of carbonyl (C=O) groups is 6. The van der Waals surface area contributed by atoms with Crippen LogP contribution in [0, 0.1) is 35.5 Å². The van der Waals surface area contributed by atoms with E-state index in [1.807, 2.05) is 92.9 Å². The number of aliphatic hydroxyl groups is 1. The lowest BCUT2D eigenvalue weighted by atomic mass is 10.0. The summed E-state index contributed by atoms with van der Waals surface area (Å²) in [6.07, 6.45) is 11.4. The Kier molecular flexibility index (Phi) is 46.8. The lowest BCUT2D eigenvalue weighted by molar-refractivity contribution is -0.154. The van der Waals surface area contributed by atoms with Crippen molar-refractivity contribution in [3.63, 3.8) is 0 Å². The lowest BCUT2D eigenvalue weighted by Gasteiger charge is -2.28. The minimum absolute atomic E-state index is 0.00635. The van der Waals surface area contributed by atoms with Gasteiger partial charge in [0.05, 0.1) is 50.1 Å². The van der Waals surface area contributed by atoms with Crippen LogP contribution in [0.5, 0.6) is 0 Å². The van der Waals surface area contributed by atoms with E-state index >= 15 is 0 Å². The van der Waals surface area contributed by atoms with Crippen LogP contribution in [0.2, 0.25) is 0 Å². The van der Waals surface area contributed by atoms with Crippen molar-refractivity contribution in [2.45, 2.75) is 200 Å². The summed E-state index contributed by atoms with van der Waals surface area (Å²) in [5.74, 6) is 0.915. The molecule has 2 heterocycles. The first-order valence-corrected chi connectivity index (χ1v) is 25.0. The standard InChI is InChI=1S/C10H19NO.C9H18O2.C8H15NO.2C8H16O3.C8H16O2/c1-3-9(2)10(12)11-7-5-4-6-8-11;1-5-8(4)9(10)11-6-7(2)3;1-3-7(2)9-6-4-5-8(9)10;1-4-7(2)8(9)11-6-5-10-3;1-4-6(2)8(10)11-7(3)5-9;1-4-6-10-8(9)7(3)5-2/h9H,3-8H2,1-2H3;7-8H,5-6H2,1-4H3;7H,3-6H2,1-2H3;7H,4-6H2,1-3H3;6-7,9H,4-5H2,1-3H3;7H,4-6H2,1-3H3. The SMILES string of the molecule is CCC(C)C(=O)N1CCCCC1.CCC(C)C(=O)OC(C)CO.CCC(C)C(=O)OCC(C)C.CCC(C)C(=O)OCCOC.CCC(C)N1CCCC1=O.CCCOC(=O)C(C)CC. The van der Waals surface area contributed by atoms with E-state index in [9.17, 15) is 28.8 Å². The zero-order chi connectivity index (χ0) is 50.9. The van der Waals surface area contributed by atoms with E-state index < -0.39 is 0 Å². The number of esters is 4. The molecule has 2 rings (SSSR count). The number of methoxy groups -OCH3 is 1. The van der Waals surface area contributed by atoms with Crippen LogP contribution in [0.3, 0.4) is 0 Å². The Labute approximate surface area is 397 Å². The number of ether oxygens (including phenoxy) is 5. The van der Waals surface area contributed by atoms with Crippen LogP contribution in [0.25, 0.3) is 0 Å². The summed E-state index contributed by atoms with van der Waals surface area (Å²) in [4.78, 5) is 70.7. The maximum Gasteiger partial charge on any atom is 0.308 e. The Morgan fingerprint density at radius 2 is 1.00 bits per heavy atom. The fourth-order valence-corrected chi connectivity index (χ4v) is 5.08. The number of hydrogen-bond acceptors (Lipinski definition) is 12. The number of nitrogens with zero attached hydrogens (tertiary/aromatic N) is 2. The molecule has 7 unspecified atom stereocenters. The molecule has 65 heavy (non-hydrogen) atoms. The van der Waals surface area contributed by atoms with Crippen molar-refractivity contribution in [1.29, 1.82) is 0 Å². The van der Waals surface area contributed by atoms with Gasteiger partial charge >= 0.3 is 23.9 Å². The van der Waals surface area contributed by atoms with Crippen LogP contribution < -0.4 is 0 Å². The zero-order valence-electron chi connectivity index (χ0n) is 44.6. The highest BCUT2D eigenvalue weighted by Gasteiger charge is 2.23. The average Bonchev–Trinajstić information content (AvgIpc) is 3.76. The molecular weight excluding hydrogens is 833 g/mol. The summed E-state index contributed by atoms with van der Waals surface area (Å²) in [6.45, 7) is 36.1. The second kappa shape index (κ2) is 44.6. The van der Waals surface area contributed by atoms with E-state index in [1.54, 1.807) is 14.0 Å². The van der Waals surface area contributed by atoms with E-state index in [0.29, 0.717) is 50.2 Å². The van der Waals surface area contributed by atoms with Crippen molar-refractivity contribution < 1.29 is 57.6 Å². The molecule has 2 aliphatic rings. The Balaban J connectivity index is -0.000000344. The molecule has 14 heteroatoms. The molecule has 1 N–H and O–H groups in total. The maximum atomic E-state index is 11.7. The van der Waals surface area contributed by atoms with Gasteiger partial charge in [-0.3, -0.25) is 28.8 Å². The minimum atomic E-state index is -0.378. The molecule has 2 amide bonds. The van der Waals surface area contributed by atoms with E-state index in [-0.39, 0.29) is 66.2 Å².